The van der Waals surface area contributed by atoms with Crippen molar-refractivity contribution in [1.29, 1.82) is 0 Å². The Bertz CT molecular complexity index is 6340. The van der Waals surface area contributed by atoms with Crippen molar-refractivity contribution in [2.45, 2.75) is 288 Å². The predicted molar refractivity (Wildman–Crippen MR) is 557 cm³/mol. The van der Waals surface area contributed by atoms with Crippen LogP contribution in [0.15, 0.2) is 243 Å². The van der Waals surface area contributed by atoms with Crippen LogP contribution >= 0.6 is 0 Å². The Kier molecular flexibility index (Phi) is 20.7. The van der Waals surface area contributed by atoms with Gasteiger partial charge in [0.25, 0.3) is 6.71 Å². The van der Waals surface area contributed by atoms with Crippen LogP contribution in [0, 0.1) is 0 Å². The van der Waals surface area contributed by atoms with Crippen LogP contribution in [0.4, 0.5) is 34.1 Å². The lowest BCUT2D eigenvalue weighted by Crippen LogP contribution is -2.61. The van der Waals surface area contributed by atoms with E-state index in [1.165, 1.54) is 166 Å². The molecular weight excluding hydrogens is 1530 g/mol. The summed E-state index contributed by atoms with van der Waals surface area (Å²) in [6, 6.07) is 98.7. The van der Waals surface area contributed by atoms with Crippen molar-refractivity contribution >= 4 is 101 Å². The van der Waals surface area contributed by atoms with Crippen molar-refractivity contribution in [3.05, 3.63) is 304 Å². The molecule has 0 amide bonds. The third-order valence-corrected chi connectivity index (χ3v) is 28.0. The molecule has 0 spiro atoms. The molecule has 650 valence electrons. The van der Waals surface area contributed by atoms with E-state index in [2.05, 4.69) is 490 Å². The minimum atomic E-state index is -0.366. The van der Waals surface area contributed by atoms with Gasteiger partial charge >= 0.3 is 0 Å². The van der Waals surface area contributed by atoms with Crippen molar-refractivity contribution in [3.63, 3.8) is 0 Å². The molecular formula is C122H139BN4. The minimum absolute atomic E-state index is 0.0754. The summed E-state index contributed by atoms with van der Waals surface area (Å²) < 4.78 is 5.19. The van der Waals surface area contributed by atoms with Gasteiger partial charge in [0.2, 0.25) is 0 Å². The zero-order valence-electron chi connectivity index (χ0n) is 83.0. The molecule has 0 bridgehead atoms. The summed E-state index contributed by atoms with van der Waals surface area (Å²) in [7, 11) is 0. The van der Waals surface area contributed by atoms with Crippen molar-refractivity contribution in [1.82, 2.24) is 9.13 Å². The molecule has 0 unspecified atom stereocenters. The van der Waals surface area contributed by atoms with Gasteiger partial charge in [0.1, 0.15) is 0 Å². The number of benzene rings is 13. The van der Waals surface area contributed by atoms with Crippen LogP contribution in [0.5, 0.6) is 0 Å². The van der Waals surface area contributed by atoms with Gasteiger partial charge in [-0.1, -0.05) is 374 Å². The first-order valence-electron chi connectivity index (χ1n) is 47.0. The van der Waals surface area contributed by atoms with Crippen LogP contribution in [-0.2, 0) is 59.6 Å². The van der Waals surface area contributed by atoms with Gasteiger partial charge in [0.15, 0.2) is 0 Å². The molecule has 2 aliphatic heterocycles. The zero-order chi connectivity index (χ0) is 91.6. The van der Waals surface area contributed by atoms with E-state index in [4.69, 9.17) is 0 Å². The van der Waals surface area contributed by atoms with Crippen molar-refractivity contribution in [2.75, 3.05) is 9.80 Å². The summed E-state index contributed by atoms with van der Waals surface area (Å²) in [4.78, 5) is 5.55. The highest BCUT2D eigenvalue weighted by molar-refractivity contribution is 7.00. The third kappa shape index (κ3) is 16.0. The molecule has 5 heteroatoms. The van der Waals surface area contributed by atoms with Crippen LogP contribution in [0.3, 0.4) is 0 Å². The van der Waals surface area contributed by atoms with E-state index < -0.39 is 0 Å². The van der Waals surface area contributed by atoms with Crippen LogP contribution in [0.1, 0.15) is 290 Å². The molecule has 13 aromatic carbocycles. The molecule has 0 N–H and O–H groups in total. The maximum Gasteiger partial charge on any atom is 0.252 e. The van der Waals surface area contributed by atoms with Gasteiger partial charge in [-0.25, -0.2) is 0 Å². The fraction of sp³-hybridized carbons (Fsp3) is 0.361. The monoisotopic (exact) mass is 1670 g/mol. The van der Waals surface area contributed by atoms with E-state index in [1.54, 1.807) is 0 Å². The Labute approximate surface area is 762 Å². The first-order valence-corrected chi connectivity index (χ1v) is 47.0. The van der Waals surface area contributed by atoms with Crippen LogP contribution in [0.2, 0.25) is 0 Å². The number of aromatic nitrogens is 2. The fourth-order valence-electron chi connectivity index (χ4n) is 19.6. The van der Waals surface area contributed by atoms with Crippen LogP contribution in [-0.4, -0.2) is 15.8 Å². The summed E-state index contributed by atoms with van der Waals surface area (Å²) in [5.74, 6) is 0. The number of nitrogens with zero attached hydrogens (tertiary/aromatic N) is 4. The molecule has 15 aromatic rings. The van der Waals surface area contributed by atoms with E-state index in [0.29, 0.717) is 0 Å². The predicted octanol–water partition coefficient (Wildman–Crippen LogP) is 32.9. The SMILES string of the molecule is CC(C)(C)c1cccc(-c2ccc(-c3cc(C(C)(C)C)cc(C(C)(C)C)c3)cc2N2c3cc(-n4c5ccc(C(C)(C)C)cc5c5cc(C(C)(C)C)ccc54)ccc3B3c4ccc(-n5c6ccc(C(C)(C)C)cc6c6cc(C(C)(C)C)ccc65)cc4N(c4cc(-c5cc(C(C)(C)C)cc(C(C)(C)C)c5)ccc4-c4cccc(C(C)(C)C)c4)c4cc(C(C)(C)C)cc2c43)c1. The van der Waals surface area contributed by atoms with Gasteiger partial charge in [-0.3, -0.25) is 0 Å². The van der Waals surface area contributed by atoms with Gasteiger partial charge in [-0.05, 0) is 268 Å². The quantitative estimate of drug-likeness (QED) is 0.141. The molecule has 2 aromatic heterocycles. The lowest BCUT2D eigenvalue weighted by atomic mass is 9.33. The normalized spacial score (nSPS) is 14.0. The van der Waals surface area contributed by atoms with Crippen LogP contribution in [0.25, 0.3) is 99.5 Å². The standard InChI is InChI=1S/C122H139BN4/c1-112(2,3)80-38-34-36-76(56-80)93-48-40-74(78-58-86(118(19,20)21)64-87(59-78)119(22,23)24)62-105(93)126-107-72-91(124-101-52-42-82(114(7,8)9)66-95(101)96-67-83(115(10,11)12)43-53-102(96)124)46-50-99(107)123-100-51-47-92(125-103-54-44-84(116(13,14)15)68-97(103)98-69-85(117(16,17)18)45-55-104(98)125)73-108(100)127(110-71-90(122(31,32)33)70-109(126)111(110)123)106-63-75(41-49-94(106)77-37-35-39-81(57-77)113(4,5)6)79-60-88(120(25,26)27)65-89(61-79)121(28,29)30/h34-73H,1-33H3. The van der Waals surface area contributed by atoms with Gasteiger partial charge in [0.05, 0.1) is 33.4 Å². The molecule has 17 rings (SSSR count). The largest absolute Gasteiger partial charge is 0.311 e. The summed E-state index contributed by atoms with van der Waals surface area (Å²) in [6.07, 6.45) is 0. The molecule has 0 saturated carbocycles. The molecule has 0 atom stereocenters. The number of fused-ring (bicyclic) bond motifs is 10. The Hall–Kier alpha value is -10.9. The molecule has 127 heavy (non-hydrogen) atoms. The maximum atomic E-state index is 2.77. The average Bonchev–Trinajstić information content (AvgIpc) is 1.29. The Morgan fingerprint density at radius 1 is 0.181 bits per heavy atom. The van der Waals surface area contributed by atoms with E-state index >= 15 is 0 Å². The number of anilines is 6. The second kappa shape index (κ2) is 29.9. The highest BCUT2D eigenvalue weighted by Gasteiger charge is 2.46. The van der Waals surface area contributed by atoms with E-state index in [1.807, 2.05) is 0 Å². The summed E-state index contributed by atoms with van der Waals surface area (Å²) in [6.45, 7) is 77.8. The zero-order valence-corrected chi connectivity index (χ0v) is 83.0. The molecule has 0 fully saturated rings. The number of hydrogen-bond acceptors (Lipinski definition) is 2. The second-order valence-corrected chi connectivity index (χ2v) is 49.1. The van der Waals surface area contributed by atoms with Crippen molar-refractivity contribution in [3.8, 4) is 55.9 Å². The van der Waals surface area contributed by atoms with Gasteiger partial charge in [0, 0.05) is 66.8 Å². The lowest BCUT2D eigenvalue weighted by molar-refractivity contribution is 0.568. The molecule has 4 nitrogen and oxygen atoms in total. The molecule has 4 heterocycles. The van der Waals surface area contributed by atoms with Crippen molar-refractivity contribution < 1.29 is 0 Å². The van der Waals surface area contributed by atoms with Crippen molar-refractivity contribution in [2.24, 2.45) is 0 Å². The van der Waals surface area contributed by atoms with E-state index in [9.17, 15) is 0 Å². The summed E-state index contributed by atoms with van der Waals surface area (Å²) in [5.41, 5.74) is 40.1. The lowest BCUT2D eigenvalue weighted by Gasteiger charge is -2.46. The molecule has 2 aliphatic rings. The van der Waals surface area contributed by atoms with Gasteiger partial charge in [-0.15, -0.1) is 0 Å². The average molecular weight is 1670 g/mol. The second-order valence-electron chi connectivity index (χ2n) is 49.1. The van der Waals surface area contributed by atoms with Gasteiger partial charge < -0.3 is 18.9 Å². The van der Waals surface area contributed by atoms with Gasteiger partial charge in [-0.2, -0.15) is 0 Å². The third-order valence-electron chi connectivity index (χ3n) is 28.0. The minimum Gasteiger partial charge on any atom is -0.311 e. The smallest absolute Gasteiger partial charge is 0.252 e. The first kappa shape index (κ1) is 88.2. The number of hydrogen-bond donors (Lipinski definition) is 0. The van der Waals surface area contributed by atoms with E-state index in [0.717, 1.165) is 45.3 Å². The topological polar surface area (TPSA) is 16.3 Å². The number of rotatable bonds is 8. The van der Waals surface area contributed by atoms with E-state index in [-0.39, 0.29) is 66.3 Å². The molecule has 0 radical (unpaired) electrons. The highest BCUT2D eigenvalue weighted by atomic mass is 15.2. The Morgan fingerprint density at radius 3 is 0.717 bits per heavy atom. The summed E-state index contributed by atoms with van der Waals surface area (Å²) >= 11 is 0. The van der Waals surface area contributed by atoms with Crippen LogP contribution < -0.4 is 26.2 Å². The fourth-order valence-corrected chi connectivity index (χ4v) is 19.6. The molecule has 0 aliphatic carbocycles. The first-order chi connectivity index (χ1) is 58.9. The Balaban J connectivity index is 1.07. The maximum absolute atomic E-state index is 2.77. The molecule has 0 saturated heterocycles. The highest BCUT2D eigenvalue weighted by Crippen LogP contribution is 2.54. The Morgan fingerprint density at radius 2 is 0.441 bits per heavy atom. The summed E-state index contributed by atoms with van der Waals surface area (Å²) in [5, 5.41) is 5.07.